The molecule has 0 radical (unpaired) electrons. The van der Waals surface area contributed by atoms with Crippen molar-refractivity contribution in [3.63, 3.8) is 0 Å². The molecule has 4 unspecified atom stereocenters. The average molecular weight is 238 g/mol. The fourth-order valence-corrected chi connectivity index (χ4v) is 2.10. The van der Waals surface area contributed by atoms with E-state index in [0.717, 1.165) is 6.42 Å². The van der Waals surface area contributed by atoms with Gasteiger partial charge in [0.15, 0.2) is 0 Å². The summed E-state index contributed by atoms with van der Waals surface area (Å²) in [5.41, 5.74) is 0. The van der Waals surface area contributed by atoms with Crippen LogP contribution in [0.5, 0.6) is 0 Å². The first-order valence-electron chi connectivity index (χ1n) is 6.19. The molecule has 17 heavy (non-hydrogen) atoms. The number of hydrogen-bond donors (Lipinski definition) is 1. The standard InChI is InChI=1S/C13H22N2O2/c1-6-8(3)11-13(17)15(9(4)7-2)10(5)12(16)14-11/h7-11H,2,6H2,1,3-5H3,(H,14,16). The van der Waals surface area contributed by atoms with Crippen molar-refractivity contribution in [3.05, 3.63) is 12.7 Å². The van der Waals surface area contributed by atoms with Crippen molar-refractivity contribution in [3.8, 4) is 0 Å². The predicted molar refractivity (Wildman–Crippen MR) is 67.4 cm³/mol. The Morgan fingerprint density at radius 1 is 1.47 bits per heavy atom. The zero-order valence-corrected chi connectivity index (χ0v) is 11.1. The minimum atomic E-state index is -0.421. The van der Waals surface area contributed by atoms with Crippen molar-refractivity contribution >= 4 is 11.8 Å². The van der Waals surface area contributed by atoms with E-state index in [0.29, 0.717) is 0 Å². The predicted octanol–water partition coefficient (Wildman–Crippen LogP) is 1.32. The quantitative estimate of drug-likeness (QED) is 0.751. The van der Waals surface area contributed by atoms with Crippen molar-refractivity contribution < 1.29 is 9.59 Å². The van der Waals surface area contributed by atoms with E-state index >= 15 is 0 Å². The number of nitrogens with zero attached hydrogens (tertiary/aromatic N) is 1. The van der Waals surface area contributed by atoms with Crippen molar-refractivity contribution in [2.24, 2.45) is 5.92 Å². The van der Waals surface area contributed by atoms with Crippen LogP contribution in [0.1, 0.15) is 34.1 Å². The summed E-state index contributed by atoms with van der Waals surface area (Å²) in [6.07, 6.45) is 2.56. The Morgan fingerprint density at radius 2 is 2.06 bits per heavy atom. The van der Waals surface area contributed by atoms with Gasteiger partial charge >= 0.3 is 0 Å². The van der Waals surface area contributed by atoms with Gasteiger partial charge in [-0.05, 0) is 19.8 Å². The third-order valence-corrected chi connectivity index (χ3v) is 3.61. The van der Waals surface area contributed by atoms with Crippen LogP contribution in [0, 0.1) is 5.92 Å². The minimum absolute atomic E-state index is 0.00106. The van der Waals surface area contributed by atoms with E-state index in [1.807, 2.05) is 20.8 Å². The van der Waals surface area contributed by atoms with E-state index in [1.165, 1.54) is 0 Å². The van der Waals surface area contributed by atoms with E-state index < -0.39 is 12.1 Å². The summed E-state index contributed by atoms with van der Waals surface area (Å²) < 4.78 is 0. The monoisotopic (exact) mass is 238 g/mol. The highest BCUT2D eigenvalue weighted by atomic mass is 16.2. The summed E-state index contributed by atoms with van der Waals surface area (Å²) in [5.74, 6) is 0.0703. The molecule has 1 rings (SSSR count). The Morgan fingerprint density at radius 3 is 2.53 bits per heavy atom. The van der Waals surface area contributed by atoms with Crippen LogP contribution in [0.4, 0.5) is 0 Å². The third kappa shape index (κ3) is 2.51. The molecule has 4 atom stereocenters. The number of rotatable bonds is 4. The lowest BCUT2D eigenvalue weighted by atomic mass is 9.93. The number of piperazine rings is 1. The van der Waals surface area contributed by atoms with Gasteiger partial charge < -0.3 is 10.2 Å². The second-order valence-corrected chi connectivity index (χ2v) is 4.77. The number of hydrogen-bond acceptors (Lipinski definition) is 2. The molecule has 0 aliphatic carbocycles. The van der Waals surface area contributed by atoms with Crippen molar-refractivity contribution in [2.45, 2.75) is 52.2 Å². The van der Waals surface area contributed by atoms with Crippen LogP contribution in [-0.4, -0.2) is 34.8 Å². The fourth-order valence-electron chi connectivity index (χ4n) is 2.10. The van der Waals surface area contributed by atoms with Gasteiger partial charge in [-0.1, -0.05) is 26.3 Å². The zero-order valence-electron chi connectivity index (χ0n) is 11.1. The maximum atomic E-state index is 12.3. The molecule has 1 heterocycles. The molecule has 1 N–H and O–H groups in total. The lowest BCUT2D eigenvalue weighted by molar-refractivity contribution is -0.151. The summed E-state index contributed by atoms with van der Waals surface area (Å²) in [5, 5.41) is 2.81. The van der Waals surface area contributed by atoms with Gasteiger partial charge in [0.05, 0.1) is 0 Å². The van der Waals surface area contributed by atoms with Gasteiger partial charge in [0.25, 0.3) is 0 Å². The Balaban J connectivity index is 2.98. The molecule has 0 aromatic heterocycles. The molecular weight excluding hydrogens is 216 g/mol. The van der Waals surface area contributed by atoms with Crippen LogP contribution in [-0.2, 0) is 9.59 Å². The highest BCUT2D eigenvalue weighted by Gasteiger charge is 2.41. The molecule has 1 aliphatic rings. The molecule has 0 aromatic carbocycles. The molecule has 0 aromatic rings. The Kier molecular flexibility index (Phi) is 4.32. The number of carbonyl (C=O) groups is 2. The smallest absolute Gasteiger partial charge is 0.246 e. The SMILES string of the molecule is C=CC(C)N1C(=O)C(C(C)CC)NC(=O)C1C. The Hall–Kier alpha value is -1.32. The van der Waals surface area contributed by atoms with Crippen LogP contribution < -0.4 is 5.32 Å². The van der Waals surface area contributed by atoms with Gasteiger partial charge in [0, 0.05) is 6.04 Å². The van der Waals surface area contributed by atoms with E-state index in [2.05, 4.69) is 11.9 Å². The molecule has 1 aliphatic heterocycles. The maximum Gasteiger partial charge on any atom is 0.246 e. The highest BCUT2D eigenvalue weighted by molar-refractivity contribution is 5.97. The van der Waals surface area contributed by atoms with Crippen LogP contribution in [0.2, 0.25) is 0 Å². The minimum Gasteiger partial charge on any atom is -0.342 e. The molecular formula is C13H22N2O2. The second-order valence-electron chi connectivity index (χ2n) is 4.77. The van der Waals surface area contributed by atoms with Crippen molar-refractivity contribution in [1.82, 2.24) is 10.2 Å². The maximum absolute atomic E-state index is 12.3. The molecule has 4 heteroatoms. The van der Waals surface area contributed by atoms with Crippen molar-refractivity contribution in [1.29, 1.82) is 0 Å². The van der Waals surface area contributed by atoms with E-state index in [4.69, 9.17) is 0 Å². The first kappa shape index (κ1) is 13.7. The van der Waals surface area contributed by atoms with Gasteiger partial charge in [-0.3, -0.25) is 9.59 Å². The topological polar surface area (TPSA) is 49.4 Å². The first-order valence-corrected chi connectivity index (χ1v) is 6.19. The summed E-state index contributed by atoms with van der Waals surface area (Å²) in [6.45, 7) is 11.3. The van der Waals surface area contributed by atoms with Crippen LogP contribution in [0.25, 0.3) is 0 Å². The molecule has 1 saturated heterocycles. The molecule has 2 amide bonds. The summed E-state index contributed by atoms with van der Waals surface area (Å²) in [4.78, 5) is 25.8. The van der Waals surface area contributed by atoms with E-state index in [1.54, 1.807) is 17.9 Å². The molecule has 1 fully saturated rings. The number of carbonyl (C=O) groups excluding carboxylic acids is 2. The molecule has 4 nitrogen and oxygen atoms in total. The Bertz CT molecular complexity index is 327. The lowest BCUT2D eigenvalue weighted by Crippen LogP contribution is -2.65. The normalized spacial score (nSPS) is 28.6. The Labute approximate surface area is 103 Å². The van der Waals surface area contributed by atoms with Crippen LogP contribution >= 0.6 is 0 Å². The van der Waals surface area contributed by atoms with Gasteiger partial charge in [0.1, 0.15) is 12.1 Å². The van der Waals surface area contributed by atoms with Crippen molar-refractivity contribution in [2.75, 3.05) is 0 Å². The number of nitrogens with one attached hydrogen (secondary N) is 1. The summed E-state index contributed by atoms with van der Waals surface area (Å²) in [6, 6.07) is -0.933. The molecule has 0 bridgehead atoms. The van der Waals surface area contributed by atoms with E-state index in [9.17, 15) is 9.59 Å². The average Bonchev–Trinajstić information content (AvgIpc) is 2.32. The van der Waals surface area contributed by atoms with Crippen LogP contribution in [0.15, 0.2) is 12.7 Å². The molecule has 0 saturated carbocycles. The summed E-state index contributed by atoms with van der Waals surface area (Å²) in [7, 11) is 0. The number of amides is 2. The van der Waals surface area contributed by atoms with Crippen LogP contribution in [0.3, 0.4) is 0 Å². The van der Waals surface area contributed by atoms with Gasteiger partial charge in [-0.25, -0.2) is 0 Å². The third-order valence-electron chi connectivity index (χ3n) is 3.61. The summed E-state index contributed by atoms with van der Waals surface area (Å²) >= 11 is 0. The highest BCUT2D eigenvalue weighted by Crippen LogP contribution is 2.20. The van der Waals surface area contributed by atoms with Gasteiger partial charge in [-0.15, -0.1) is 6.58 Å². The lowest BCUT2D eigenvalue weighted by Gasteiger charge is -2.41. The van der Waals surface area contributed by atoms with Gasteiger partial charge in [0.2, 0.25) is 11.8 Å². The molecule has 96 valence electrons. The van der Waals surface area contributed by atoms with Gasteiger partial charge in [-0.2, -0.15) is 0 Å². The first-order chi connectivity index (χ1) is 7.93. The van der Waals surface area contributed by atoms with E-state index in [-0.39, 0.29) is 23.8 Å². The second kappa shape index (κ2) is 5.34. The molecule has 0 spiro atoms. The zero-order chi connectivity index (χ0) is 13.2. The largest absolute Gasteiger partial charge is 0.342 e. The fraction of sp³-hybridized carbons (Fsp3) is 0.692.